The van der Waals surface area contributed by atoms with Gasteiger partial charge in [0.1, 0.15) is 5.60 Å². The van der Waals surface area contributed by atoms with E-state index in [9.17, 15) is 9.59 Å². The lowest BCUT2D eigenvalue weighted by Crippen LogP contribution is -2.28. The minimum absolute atomic E-state index is 0.0353. The monoisotopic (exact) mass is 317 g/mol. The fourth-order valence-electron chi connectivity index (χ4n) is 2.53. The van der Waals surface area contributed by atoms with Crippen LogP contribution in [0.25, 0.3) is 10.9 Å². The van der Waals surface area contributed by atoms with Crippen molar-refractivity contribution in [2.24, 2.45) is 0 Å². The summed E-state index contributed by atoms with van der Waals surface area (Å²) in [6.07, 6.45) is -0.450. The van der Waals surface area contributed by atoms with Crippen LogP contribution >= 0.6 is 0 Å². The molecule has 0 N–H and O–H groups in total. The first-order valence-electron chi connectivity index (χ1n) is 7.72. The maximum Gasteiger partial charge on any atom is 0.419 e. The average Bonchev–Trinajstić information content (AvgIpc) is 2.71. The molecule has 1 aromatic heterocycles. The highest BCUT2D eigenvalue weighted by molar-refractivity contribution is 5.94. The van der Waals surface area contributed by atoms with Crippen molar-refractivity contribution in [3.8, 4) is 0 Å². The summed E-state index contributed by atoms with van der Waals surface area (Å²) in [5.41, 5.74) is 1.62. The fraction of sp³-hybridized carbons (Fsp3) is 0.444. The molecule has 0 aliphatic rings. The number of carbonyl (C=O) groups excluding carboxylic acids is 2. The van der Waals surface area contributed by atoms with E-state index in [-0.39, 0.29) is 12.4 Å². The number of carbonyl (C=O) groups is 2. The van der Waals surface area contributed by atoms with Gasteiger partial charge in [-0.3, -0.25) is 4.79 Å². The van der Waals surface area contributed by atoms with Crippen LogP contribution in [0.4, 0.5) is 4.79 Å². The molecule has 0 aliphatic heterocycles. The van der Waals surface area contributed by atoms with Crippen molar-refractivity contribution in [2.75, 3.05) is 6.61 Å². The van der Waals surface area contributed by atoms with Crippen molar-refractivity contribution in [1.82, 2.24) is 4.57 Å². The molecule has 0 saturated carbocycles. The van der Waals surface area contributed by atoms with Crippen LogP contribution in [0, 0.1) is 6.92 Å². The number of nitrogens with zero attached hydrogens (tertiary/aromatic N) is 1. The third kappa shape index (κ3) is 3.73. The van der Waals surface area contributed by atoms with Crippen molar-refractivity contribution in [3.05, 3.63) is 35.5 Å². The Bertz CT molecular complexity index is 737. The number of para-hydroxylation sites is 1. The van der Waals surface area contributed by atoms with Gasteiger partial charge in [0.25, 0.3) is 0 Å². The highest BCUT2D eigenvalue weighted by Crippen LogP contribution is 2.27. The average molecular weight is 317 g/mol. The topological polar surface area (TPSA) is 57.5 Å². The molecule has 5 nitrogen and oxygen atoms in total. The molecule has 2 aromatic rings. The SMILES string of the molecule is CCOC(=O)Cc1c(C)c2ccccc2n1C(=O)OC(C)(C)C. The lowest BCUT2D eigenvalue weighted by atomic mass is 10.1. The Balaban J connectivity index is 2.55. The third-order valence-corrected chi connectivity index (χ3v) is 3.44. The highest BCUT2D eigenvalue weighted by Gasteiger charge is 2.25. The molecule has 2 rings (SSSR count). The van der Waals surface area contributed by atoms with E-state index in [1.54, 1.807) is 6.92 Å². The van der Waals surface area contributed by atoms with Crippen LogP contribution in [-0.4, -0.2) is 28.8 Å². The predicted octanol–water partition coefficient (Wildman–Crippen LogP) is 3.84. The van der Waals surface area contributed by atoms with Crippen LogP contribution in [0.2, 0.25) is 0 Å². The minimum atomic E-state index is -0.614. The zero-order valence-corrected chi connectivity index (χ0v) is 14.3. The van der Waals surface area contributed by atoms with Crippen molar-refractivity contribution in [1.29, 1.82) is 0 Å². The Morgan fingerprint density at radius 1 is 1.17 bits per heavy atom. The van der Waals surface area contributed by atoms with Gasteiger partial charge in [-0.05, 0) is 46.2 Å². The van der Waals surface area contributed by atoms with Gasteiger partial charge in [0.05, 0.1) is 18.5 Å². The van der Waals surface area contributed by atoms with Crippen LogP contribution < -0.4 is 0 Å². The van der Waals surface area contributed by atoms with Gasteiger partial charge < -0.3 is 9.47 Å². The van der Waals surface area contributed by atoms with Gasteiger partial charge in [0, 0.05) is 11.1 Å². The molecule has 5 heteroatoms. The van der Waals surface area contributed by atoms with Gasteiger partial charge in [0.2, 0.25) is 0 Å². The predicted molar refractivity (Wildman–Crippen MR) is 88.6 cm³/mol. The summed E-state index contributed by atoms with van der Waals surface area (Å²) in [5.74, 6) is -0.358. The molecule has 0 amide bonds. The first-order chi connectivity index (χ1) is 10.7. The van der Waals surface area contributed by atoms with E-state index < -0.39 is 11.7 Å². The van der Waals surface area contributed by atoms with Crippen LogP contribution in [0.15, 0.2) is 24.3 Å². The Hall–Kier alpha value is -2.30. The summed E-state index contributed by atoms with van der Waals surface area (Å²) in [6, 6.07) is 7.54. The second-order valence-electron chi connectivity index (χ2n) is 6.39. The highest BCUT2D eigenvalue weighted by atomic mass is 16.6. The molecule has 0 fully saturated rings. The number of benzene rings is 1. The number of hydrogen-bond donors (Lipinski definition) is 0. The molecule has 1 aromatic carbocycles. The number of esters is 1. The largest absolute Gasteiger partial charge is 0.466 e. The second kappa shape index (κ2) is 6.44. The van der Waals surface area contributed by atoms with Gasteiger partial charge in [-0.15, -0.1) is 0 Å². The number of fused-ring (bicyclic) bond motifs is 1. The zero-order chi connectivity index (χ0) is 17.2. The Morgan fingerprint density at radius 2 is 1.83 bits per heavy atom. The summed E-state index contributed by atoms with van der Waals surface area (Å²) in [7, 11) is 0. The number of rotatable bonds is 3. The normalized spacial score (nSPS) is 11.5. The maximum atomic E-state index is 12.6. The van der Waals surface area contributed by atoms with Crippen molar-refractivity contribution < 1.29 is 19.1 Å². The Labute approximate surface area is 136 Å². The third-order valence-electron chi connectivity index (χ3n) is 3.44. The minimum Gasteiger partial charge on any atom is -0.466 e. The number of hydrogen-bond acceptors (Lipinski definition) is 4. The molecule has 0 radical (unpaired) electrons. The number of ether oxygens (including phenoxy) is 2. The molecule has 0 spiro atoms. The molecule has 0 bridgehead atoms. The van der Waals surface area contributed by atoms with Gasteiger partial charge in [-0.2, -0.15) is 0 Å². The molecular weight excluding hydrogens is 294 g/mol. The summed E-state index contributed by atoms with van der Waals surface area (Å²) in [5, 5.41) is 0.928. The summed E-state index contributed by atoms with van der Waals surface area (Å²) in [4.78, 5) is 24.6. The maximum absolute atomic E-state index is 12.6. The van der Waals surface area contributed by atoms with Gasteiger partial charge in [-0.25, -0.2) is 9.36 Å². The number of aryl methyl sites for hydroxylation is 1. The molecule has 0 unspecified atom stereocenters. The molecule has 1 heterocycles. The van der Waals surface area contributed by atoms with E-state index in [1.165, 1.54) is 4.57 Å². The molecule has 23 heavy (non-hydrogen) atoms. The van der Waals surface area contributed by atoms with Crippen molar-refractivity contribution in [2.45, 2.75) is 46.6 Å². The van der Waals surface area contributed by atoms with Crippen molar-refractivity contribution >= 4 is 23.0 Å². The van der Waals surface area contributed by atoms with E-state index in [2.05, 4.69) is 0 Å². The summed E-state index contributed by atoms with van der Waals surface area (Å²) < 4.78 is 12.0. The lowest BCUT2D eigenvalue weighted by Gasteiger charge is -2.21. The standard InChI is InChI=1S/C18H23NO4/c1-6-22-16(20)11-15-12(2)13-9-7-8-10-14(13)19(15)17(21)23-18(3,4)5/h7-10H,6,11H2,1-5H3. The van der Waals surface area contributed by atoms with Gasteiger partial charge >= 0.3 is 12.1 Å². The Morgan fingerprint density at radius 3 is 2.43 bits per heavy atom. The van der Waals surface area contributed by atoms with Crippen molar-refractivity contribution in [3.63, 3.8) is 0 Å². The smallest absolute Gasteiger partial charge is 0.419 e. The first kappa shape index (κ1) is 17.1. The summed E-state index contributed by atoms with van der Waals surface area (Å²) >= 11 is 0. The fourth-order valence-corrected chi connectivity index (χ4v) is 2.53. The summed E-state index contributed by atoms with van der Waals surface area (Å²) in [6.45, 7) is 9.41. The lowest BCUT2D eigenvalue weighted by molar-refractivity contribution is -0.142. The second-order valence-corrected chi connectivity index (χ2v) is 6.39. The van der Waals surface area contributed by atoms with E-state index in [4.69, 9.17) is 9.47 Å². The van der Waals surface area contributed by atoms with E-state index >= 15 is 0 Å². The van der Waals surface area contributed by atoms with Crippen LogP contribution in [-0.2, 0) is 20.7 Å². The van der Waals surface area contributed by atoms with Crippen LogP contribution in [0.5, 0.6) is 0 Å². The van der Waals surface area contributed by atoms with Gasteiger partial charge in [0.15, 0.2) is 0 Å². The molecule has 0 atom stereocenters. The first-order valence-corrected chi connectivity index (χ1v) is 7.72. The quantitative estimate of drug-likeness (QED) is 0.807. The van der Waals surface area contributed by atoms with E-state index in [0.29, 0.717) is 12.3 Å². The van der Waals surface area contributed by atoms with E-state index in [1.807, 2.05) is 52.0 Å². The van der Waals surface area contributed by atoms with Crippen LogP contribution in [0.1, 0.15) is 39.0 Å². The zero-order valence-electron chi connectivity index (χ0n) is 14.3. The van der Waals surface area contributed by atoms with Gasteiger partial charge in [-0.1, -0.05) is 18.2 Å². The molecule has 0 aliphatic carbocycles. The molecule has 124 valence electrons. The molecular formula is C18H23NO4. The van der Waals surface area contributed by atoms with E-state index in [0.717, 1.165) is 16.5 Å². The Kier molecular flexibility index (Phi) is 4.78. The van der Waals surface area contributed by atoms with Crippen LogP contribution in [0.3, 0.4) is 0 Å². The number of aromatic nitrogens is 1. The molecule has 0 saturated heterocycles.